The molecule has 0 saturated carbocycles. The molecule has 0 fully saturated rings. The molecule has 14 heavy (non-hydrogen) atoms. The van der Waals surface area contributed by atoms with Gasteiger partial charge >= 0.3 is 5.97 Å². The number of hydrogen-bond acceptors (Lipinski definition) is 4. The molecule has 1 N–H and O–H groups in total. The Morgan fingerprint density at radius 2 is 2.43 bits per heavy atom. The number of hydrogen-bond donors (Lipinski definition) is 1. The Bertz CT molecular complexity index is 336. The van der Waals surface area contributed by atoms with Crippen LogP contribution in [0.5, 0.6) is 0 Å². The van der Waals surface area contributed by atoms with Crippen molar-refractivity contribution >= 4 is 24.0 Å². The molecule has 0 aliphatic heterocycles. The molecule has 76 valence electrons. The van der Waals surface area contributed by atoms with Crippen LogP contribution in [0.2, 0.25) is 5.22 Å². The fourth-order valence-electron chi connectivity index (χ4n) is 0.936. The summed E-state index contributed by atoms with van der Waals surface area (Å²) >= 11 is 5.52. The van der Waals surface area contributed by atoms with Gasteiger partial charge in [-0.15, -0.1) is 0 Å². The molecule has 0 radical (unpaired) electrons. The van der Waals surface area contributed by atoms with Crippen LogP contribution >= 0.6 is 11.6 Å². The molecule has 1 heterocycles. The first-order valence-corrected chi connectivity index (χ1v) is 4.09. The molecule has 0 bridgehead atoms. The Kier molecular flexibility index (Phi) is 3.53. The SMILES string of the molecule is COC(=O)C(NC=O)c1ccc(Cl)o1. The number of amides is 1. The van der Waals surface area contributed by atoms with E-state index in [1.165, 1.54) is 19.2 Å². The van der Waals surface area contributed by atoms with E-state index in [0.717, 1.165) is 0 Å². The molecule has 0 aliphatic rings. The van der Waals surface area contributed by atoms with Gasteiger partial charge in [-0.25, -0.2) is 4.79 Å². The van der Waals surface area contributed by atoms with E-state index in [2.05, 4.69) is 10.1 Å². The molecule has 1 unspecified atom stereocenters. The summed E-state index contributed by atoms with van der Waals surface area (Å²) in [6, 6.07) is 2.00. The second kappa shape index (κ2) is 4.66. The maximum atomic E-state index is 11.2. The highest BCUT2D eigenvalue weighted by molar-refractivity contribution is 6.28. The minimum atomic E-state index is -0.954. The number of nitrogens with one attached hydrogen (secondary N) is 1. The minimum absolute atomic E-state index is 0.140. The average Bonchev–Trinajstić information content (AvgIpc) is 2.60. The lowest BCUT2D eigenvalue weighted by Gasteiger charge is -2.09. The van der Waals surface area contributed by atoms with Crippen molar-refractivity contribution < 1.29 is 18.7 Å². The van der Waals surface area contributed by atoms with Gasteiger partial charge in [-0.2, -0.15) is 0 Å². The van der Waals surface area contributed by atoms with E-state index in [-0.39, 0.29) is 11.0 Å². The lowest BCUT2D eigenvalue weighted by molar-refractivity contribution is -0.144. The standard InChI is InChI=1S/C8H8ClNO4/c1-13-8(12)7(10-4-11)5-2-3-6(9)14-5/h2-4,7H,1H3,(H,10,11). The third kappa shape index (κ3) is 2.26. The molecule has 1 atom stereocenters. The first-order valence-electron chi connectivity index (χ1n) is 3.71. The van der Waals surface area contributed by atoms with Crippen molar-refractivity contribution in [3.8, 4) is 0 Å². The van der Waals surface area contributed by atoms with Crippen LogP contribution in [0.15, 0.2) is 16.5 Å². The third-order valence-electron chi connectivity index (χ3n) is 1.55. The summed E-state index contributed by atoms with van der Waals surface area (Å²) < 4.78 is 9.43. The zero-order valence-corrected chi connectivity index (χ0v) is 8.08. The van der Waals surface area contributed by atoms with E-state index in [9.17, 15) is 9.59 Å². The molecule has 1 amide bonds. The number of carbonyl (C=O) groups is 2. The molecule has 0 spiro atoms. The number of rotatable bonds is 4. The predicted octanol–water partition coefficient (Wildman–Crippen LogP) is 0.893. The summed E-state index contributed by atoms with van der Waals surface area (Å²) in [5.74, 6) is -0.392. The second-order valence-electron chi connectivity index (χ2n) is 2.38. The summed E-state index contributed by atoms with van der Waals surface area (Å²) in [4.78, 5) is 21.4. The fourth-order valence-corrected chi connectivity index (χ4v) is 1.09. The van der Waals surface area contributed by atoms with Gasteiger partial charge in [0, 0.05) is 0 Å². The molecule has 5 nitrogen and oxygen atoms in total. The maximum absolute atomic E-state index is 11.2. The lowest BCUT2D eigenvalue weighted by Crippen LogP contribution is -2.28. The maximum Gasteiger partial charge on any atom is 0.336 e. The van der Waals surface area contributed by atoms with E-state index >= 15 is 0 Å². The van der Waals surface area contributed by atoms with Gasteiger partial charge in [0.2, 0.25) is 6.41 Å². The van der Waals surface area contributed by atoms with Crippen molar-refractivity contribution in [3.05, 3.63) is 23.1 Å². The monoisotopic (exact) mass is 217 g/mol. The molecule has 1 aromatic rings. The highest BCUT2D eigenvalue weighted by Gasteiger charge is 2.23. The summed E-state index contributed by atoms with van der Waals surface area (Å²) in [6.45, 7) is 0. The summed E-state index contributed by atoms with van der Waals surface area (Å²) in [6.07, 6.45) is 0.387. The molecule has 1 rings (SSSR count). The third-order valence-corrected chi connectivity index (χ3v) is 1.75. The first kappa shape index (κ1) is 10.6. The number of ether oxygens (including phenoxy) is 1. The van der Waals surface area contributed by atoms with Crippen LogP contribution in [-0.2, 0) is 14.3 Å². The van der Waals surface area contributed by atoms with Crippen LogP contribution in [0.1, 0.15) is 11.8 Å². The van der Waals surface area contributed by atoms with Crippen LogP contribution in [0.3, 0.4) is 0 Å². The van der Waals surface area contributed by atoms with Crippen LogP contribution < -0.4 is 5.32 Å². The second-order valence-corrected chi connectivity index (χ2v) is 2.76. The first-order chi connectivity index (χ1) is 6.69. The van der Waals surface area contributed by atoms with E-state index in [1.807, 2.05) is 0 Å². The summed E-state index contributed by atoms with van der Waals surface area (Å²) in [5, 5.41) is 2.40. The Morgan fingerprint density at radius 1 is 1.71 bits per heavy atom. The lowest BCUT2D eigenvalue weighted by atomic mass is 10.2. The number of halogens is 1. The zero-order valence-electron chi connectivity index (χ0n) is 7.32. The van der Waals surface area contributed by atoms with E-state index < -0.39 is 12.0 Å². The Morgan fingerprint density at radius 3 is 2.86 bits per heavy atom. The molecule has 1 aromatic heterocycles. The van der Waals surface area contributed by atoms with Crippen molar-refractivity contribution in [1.29, 1.82) is 0 Å². The van der Waals surface area contributed by atoms with Crippen molar-refractivity contribution in [2.45, 2.75) is 6.04 Å². The number of carbonyl (C=O) groups excluding carboxylic acids is 2. The minimum Gasteiger partial charge on any atom is -0.467 e. The molecule has 0 aliphatic carbocycles. The van der Waals surface area contributed by atoms with Crippen molar-refractivity contribution in [3.63, 3.8) is 0 Å². The van der Waals surface area contributed by atoms with Crippen molar-refractivity contribution in [1.82, 2.24) is 5.32 Å². The number of furan rings is 1. The van der Waals surface area contributed by atoms with Crippen molar-refractivity contribution in [2.24, 2.45) is 0 Å². The number of esters is 1. The van der Waals surface area contributed by atoms with Crippen LogP contribution in [0, 0.1) is 0 Å². The van der Waals surface area contributed by atoms with Gasteiger partial charge in [0.05, 0.1) is 7.11 Å². The van der Waals surface area contributed by atoms with Gasteiger partial charge in [-0.05, 0) is 23.7 Å². The van der Waals surface area contributed by atoms with Gasteiger partial charge < -0.3 is 14.5 Å². The smallest absolute Gasteiger partial charge is 0.336 e. The Balaban J connectivity index is 2.87. The highest BCUT2D eigenvalue weighted by Crippen LogP contribution is 2.20. The van der Waals surface area contributed by atoms with Crippen LogP contribution in [-0.4, -0.2) is 19.5 Å². The highest BCUT2D eigenvalue weighted by atomic mass is 35.5. The molecule has 6 heteroatoms. The predicted molar refractivity (Wildman–Crippen MR) is 47.7 cm³/mol. The van der Waals surface area contributed by atoms with Gasteiger partial charge in [-0.1, -0.05) is 0 Å². The molecular formula is C8H8ClNO4. The van der Waals surface area contributed by atoms with Crippen LogP contribution in [0.4, 0.5) is 0 Å². The van der Waals surface area contributed by atoms with Crippen molar-refractivity contribution in [2.75, 3.05) is 7.11 Å². The molecule has 0 saturated heterocycles. The fraction of sp³-hybridized carbons (Fsp3) is 0.250. The number of methoxy groups -OCH3 is 1. The molecular weight excluding hydrogens is 210 g/mol. The quantitative estimate of drug-likeness (QED) is 0.601. The van der Waals surface area contributed by atoms with Gasteiger partial charge in [-0.3, -0.25) is 4.79 Å². The largest absolute Gasteiger partial charge is 0.467 e. The topological polar surface area (TPSA) is 68.5 Å². The average molecular weight is 218 g/mol. The Labute approximate surface area is 85.0 Å². The van der Waals surface area contributed by atoms with E-state index in [1.54, 1.807) is 0 Å². The van der Waals surface area contributed by atoms with Gasteiger partial charge in [0.1, 0.15) is 5.76 Å². The normalized spacial score (nSPS) is 11.9. The van der Waals surface area contributed by atoms with E-state index in [4.69, 9.17) is 16.0 Å². The molecule has 0 aromatic carbocycles. The van der Waals surface area contributed by atoms with Gasteiger partial charge in [0.15, 0.2) is 11.3 Å². The zero-order chi connectivity index (χ0) is 10.6. The van der Waals surface area contributed by atoms with Crippen LogP contribution in [0.25, 0.3) is 0 Å². The Hall–Kier alpha value is -1.49. The summed E-state index contributed by atoms with van der Waals surface area (Å²) in [5.41, 5.74) is 0. The summed E-state index contributed by atoms with van der Waals surface area (Å²) in [7, 11) is 1.21. The van der Waals surface area contributed by atoms with Gasteiger partial charge in [0.25, 0.3) is 0 Å². The van der Waals surface area contributed by atoms with E-state index in [0.29, 0.717) is 6.41 Å².